The molecule has 3 nitrogen and oxygen atoms in total. The van der Waals surface area contributed by atoms with Crippen molar-refractivity contribution >= 4 is 23.4 Å². The molecule has 0 saturated carbocycles. The molecule has 0 amide bonds. The standard InChI is InChI=1S/C8H13ClO3/c1-2-6(10)4-3-5-7(9)8(11)12/h7H,2-5H2,1H3,(H,11,12). The highest BCUT2D eigenvalue weighted by atomic mass is 35.5. The fourth-order valence-corrected chi connectivity index (χ4v) is 0.933. The molecule has 0 aliphatic carbocycles. The van der Waals surface area contributed by atoms with Crippen molar-refractivity contribution in [3.63, 3.8) is 0 Å². The highest BCUT2D eigenvalue weighted by molar-refractivity contribution is 6.29. The van der Waals surface area contributed by atoms with E-state index in [0.717, 1.165) is 0 Å². The number of rotatable bonds is 6. The van der Waals surface area contributed by atoms with Gasteiger partial charge in [0.1, 0.15) is 11.2 Å². The first-order chi connectivity index (χ1) is 5.57. The van der Waals surface area contributed by atoms with Crippen LogP contribution in [0.25, 0.3) is 0 Å². The van der Waals surface area contributed by atoms with E-state index in [1.807, 2.05) is 0 Å². The maximum absolute atomic E-state index is 10.8. The summed E-state index contributed by atoms with van der Waals surface area (Å²) in [6.45, 7) is 1.79. The average Bonchev–Trinajstić information content (AvgIpc) is 2.03. The first-order valence-electron chi connectivity index (χ1n) is 3.96. The Balaban J connectivity index is 3.43. The van der Waals surface area contributed by atoms with Gasteiger partial charge < -0.3 is 5.11 Å². The molecule has 0 aromatic carbocycles. The van der Waals surface area contributed by atoms with Crippen LogP contribution in [-0.4, -0.2) is 22.2 Å². The number of alkyl halides is 1. The minimum absolute atomic E-state index is 0.157. The Bertz CT molecular complexity index is 168. The number of hydrogen-bond donors (Lipinski definition) is 1. The summed E-state index contributed by atoms with van der Waals surface area (Å²) in [6, 6.07) is 0. The molecule has 0 heterocycles. The smallest absolute Gasteiger partial charge is 0.321 e. The zero-order valence-electron chi connectivity index (χ0n) is 7.05. The number of ketones is 1. The van der Waals surface area contributed by atoms with Gasteiger partial charge in [-0.2, -0.15) is 0 Å². The van der Waals surface area contributed by atoms with Crippen molar-refractivity contribution in [3.05, 3.63) is 0 Å². The van der Waals surface area contributed by atoms with Gasteiger partial charge in [-0.05, 0) is 12.8 Å². The van der Waals surface area contributed by atoms with Crippen molar-refractivity contribution in [1.82, 2.24) is 0 Å². The quantitative estimate of drug-likeness (QED) is 0.654. The van der Waals surface area contributed by atoms with Crippen LogP contribution in [-0.2, 0) is 9.59 Å². The largest absolute Gasteiger partial charge is 0.480 e. The van der Waals surface area contributed by atoms with Gasteiger partial charge in [0, 0.05) is 12.8 Å². The van der Waals surface area contributed by atoms with Gasteiger partial charge in [0.05, 0.1) is 0 Å². The Morgan fingerprint density at radius 3 is 2.50 bits per heavy atom. The lowest BCUT2D eigenvalue weighted by molar-refractivity contribution is -0.136. The Kier molecular flexibility index (Phi) is 5.72. The van der Waals surface area contributed by atoms with Gasteiger partial charge in [-0.25, -0.2) is 0 Å². The maximum Gasteiger partial charge on any atom is 0.321 e. The molecule has 0 aliphatic heterocycles. The maximum atomic E-state index is 10.8. The fraction of sp³-hybridized carbons (Fsp3) is 0.750. The van der Waals surface area contributed by atoms with Crippen LogP contribution < -0.4 is 0 Å². The Morgan fingerprint density at radius 1 is 1.50 bits per heavy atom. The van der Waals surface area contributed by atoms with E-state index in [1.54, 1.807) is 6.92 Å². The second-order valence-corrected chi connectivity index (χ2v) is 3.12. The third kappa shape index (κ3) is 5.13. The van der Waals surface area contributed by atoms with Gasteiger partial charge in [-0.1, -0.05) is 6.92 Å². The van der Waals surface area contributed by atoms with Crippen LogP contribution >= 0.6 is 11.6 Å². The average molecular weight is 193 g/mol. The molecule has 0 spiro atoms. The van der Waals surface area contributed by atoms with Gasteiger partial charge >= 0.3 is 5.97 Å². The van der Waals surface area contributed by atoms with E-state index >= 15 is 0 Å². The number of carbonyl (C=O) groups excluding carboxylic acids is 1. The van der Waals surface area contributed by atoms with Crippen molar-refractivity contribution in [2.75, 3.05) is 0 Å². The summed E-state index contributed by atoms with van der Waals surface area (Å²) in [6.07, 6.45) is 1.88. The number of halogens is 1. The van der Waals surface area contributed by atoms with E-state index in [0.29, 0.717) is 25.7 Å². The van der Waals surface area contributed by atoms with Crippen LogP contribution in [0.15, 0.2) is 0 Å². The third-order valence-corrected chi connectivity index (χ3v) is 1.98. The van der Waals surface area contributed by atoms with E-state index in [1.165, 1.54) is 0 Å². The monoisotopic (exact) mass is 192 g/mol. The van der Waals surface area contributed by atoms with Crippen LogP contribution in [0.3, 0.4) is 0 Å². The van der Waals surface area contributed by atoms with Gasteiger partial charge in [0.2, 0.25) is 0 Å². The van der Waals surface area contributed by atoms with Crippen LogP contribution in [0.1, 0.15) is 32.6 Å². The fourth-order valence-electron chi connectivity index (χ4n) is 0.779. The van der Waals surface area contributed by atoms with Crippen molar-refractivity contribution in [2.45, 2.75) is 38.0 Å². The molecule has 0 bridgehead atoms. The molecule has 1 N–H and O–H groups in total. The lowest BCUT2D eigenvalue weighted by atomic mass is 10.1. The van der Waals surface area contributed by atoms with E-state index in [9.17, 15) is 9.59 Å². The first-order valence-corrected chi connectivity index (χ1v) is 4.40. The van der Waals surface area contributed by atoms with Crippen LogP contribution in [0.2, 0.25) is 0 Å². The van der Waals surface area contributed by atoms with E-state index < -0.39 is 11.3 Å². The Hall–Kier alpha value is -0.570. The SMILES string of the molecule is CCC(=O)CCCC(Cl)C(=O)O. The molecule has 0 rings (SSSR count). The summed E-state index contributed by atoms with van der Waals surface area (Å²) in [4.78, 5) is 21.0. The molecule has 0 saturated heterocycles. The van der Waals surface area contributed by atoms with E-state index in [-0.39, 0.29) is 5.78 Å². The summed E-state index contributed by atoms with van der Waals surface area (Å²) >= 11 is 5.43. The first kappa shape index (κ1) is 11.4. The summed E-state index contributed by atoms with van der Waals surface area (Å²) in [5, 5.41) is 7.54. The number of carbonyl (C=O) groups is 2. The molecule has 70 valence electrons. The van der Waals surface area contributed by atoms with Crippen molar-refractivity contribution in [2.24, 2.45) is 0 Å². The highest BCUT2D eigenvalue weighted by Crippen LogP contribution is 2.08. The summed E-state index contributed by atoms with van der Waals surface area (Å²) in [5.41, 5.74) is 0. The molecule has 0 aromatic rings. The zero-order chi connectivity index (χ0) is 9.56. The van der Waals surface area contributed by atoms with Crippen LogP contribution in [0, 0.1) is 0 Å². The number of Topliss-reactive ketones (excluding diaryl/α,β-unsaturated/α-hetero) is 1. The van der Waals surface area contributed by atoms with Crippen molar-refractivity contribution in [3.8, 4) is 0 Å². The second kappa shape index (κ2) is 6.00. The molecule has 0 fully saturated rings. The number of hydrogen-bond acceptors (Lipinski definition) is 2. The lowest BCUT2D eigenvalue weighted by Crippen LogP contribution is -2.13. The molecule has 4 heteroatoms. The number of carboxylic acids is 1. The molecule has 0 aliphatic rings. The Morgan fingerprint density at radius 2 is 2.08 bits per heavy atom. The van der Waals surface area contributed by atoms with Gasteiger partial charge in [-0.3, -0.25) is 9.59 Å². The van der Waals surface area contributed by atoms with E-state index in [4.69, 9.17) is 16.7 Å². The number of aliphatic carboxylic acids is 1. The summed E-state index contributed by atoms with van der Waals surface area (Å²) in [5.74, 6) is -0.857. The summed E-state index contributed by atoms with van der Waals surface area (Å²) < 4.78 is 0. The second-order valence-electron chi connectivity index (χ2n) is 2.59. The highest BCUT2D eigenvalue weighted by Gasteiger charge is 2.12. The zero-order valence-corrected chi connectivity index (χ0v) is 7.80. The molecule has 1 atom stereocenters. The lowest BCUT2D eigenvalue weighted by Gasteiger charge is -2.01. The topological polar surface area (TPSA) is 54.4 Å². The molecular formula is C8H13ClO3. The van der Waals surface area contributed by atoms with Gasteiger partial charge in [-0.15, -0.1) is 11.6 Å². The van der Waals surface area contributed by atoms with Gasteiger partial charge in [0.15, 0.2) is 0 Å². The molecular weight excluding hydrogens is 180 g/mol. The molecule has 0 radical (unpaired) electrons. The van der Waals surface area contributed by atoms with Crippen molar-refractivity contribution in [1.29, 1.82) is 0 Å². The number of carboxylic acid groups (broad SMARTS) is 1. The Labute approximate surface area is 76.7 Å². The predicted octanol–water partition coefficient (Wildman–Crippen LogP) is 1.83. The molecule has 12 heavy (non-hydrogen) atoms. The minimum atomic E-state index is -1.01. The van der Waals surface area contributed by atoms with Crippen LogP contribution in [0.4, 0.5) is 0 Å². The van der Waals surface area contributed by atoms with Crippen molar-refractivity contribution < 1.29 is 14.7 Å². The molecule has 0 aromatic heterocycles. The predicted molar refractivity (Wildman–Crippen MR) is 46.4 cm³/mol. The van der Waals surface area contributed by atoms with Crippen LogP contribution in [0.5, 0.6) is 0 Å². The third-order valence-electron chi connectivity index (χ3n) is 1.58. The summed E-state index contributed by atoms with van der Waals surface area (Å²) in [7, 11) is 0. The minimum Gasteiger partial charge on any atom is -0.480 e. The normalized spacial score (nSPS) is 12.5. The van der Waals surface area contributed by atoms with Gasteiger partial charge in [0.25, 0.3) is 0 Å². The van der Waals surface area contributed by atoms with E-state index in [2.05, 4.69) is 0 Å². The molecule has 1 unspecified atom stereocenters.